The van der Waals surface area contributed by atoms with Crippen molar-refractivity contribution < 1.29 is 19.1 Å². The van der Waals surface area contributed by atoms with Crippen molar-refractivity contribution >= 4 is 35.0 Å². The van der Waals surface area contributed by atoms with Gasteiger partial charge in [0.25, 0.3) is 5.91 Å². The van der Waals surface area contributed by atoms with Gasteiger partial charge >= 0.3 is 0 Å². The second-order valence-corrected chi connectivity index (χ2v) is 9.46. The standard InChI is InChI=1S/C27H30N2O4S/c1-17(2)19-12-14-20(15-13-19)28-26(30)18(3)34-22-9-6-8-21(16-22)29-27(31)25-23(32-4)10-7-11-24(25)33-5/h6-18H,1-5H3,(H,28,30)(H,29,31). The average Bonchev–Trinajstić information content (AvgIpc) is 2.83. The third-order valence-corrected chi connectivity index (χ3v) is 6.37. The highest BCUT2D eigenvalue weighted by molar-refractivity contribution is 8.00. The maximum atomic E-state index is 12.9. The molecule has 0 aliphatic carbocycles. The van der Waals surface area contributed by atoms with Crippen LogP contribution >= 0.6 is 11.8 Å². The largest absolute Gasteiger partial charge is 0.496 e. The van der Waals surface area contributed by atoms with E-state index in [2.05, 4.69) is 24.5 Å². The van der Waals surface area contributed by atoms with E-state index in [4.69, 9.17) is 9.47 Å². The van der Waals surface area contributed by atoms with Crippen molar-refractivity contribution in [2.24, 2.45) is 0 Å². The van der Waals surface area contributed by atoms with Gasteiger partial charge in [0.15, 0.2) is 0 Å². The van der Waals surface area contributed by atoms with Crippen LogP contribution < -0.4 is 20.1 Å². The maximum absolute atomic E-state index is 12.9. The minimum absolute atomic E-state index is 0.0875. The lowest BCUT2D eigenvalue weighted by Crippen LogP contribution is -2.22. The van der Waals surface area contributed by atoms with Gasteiger partial charge in [0.05, 0.1) is 19.5 Å². The molecular weight excluding hydrogens is 448 g/mol. The van der Waals surface area contributed by atoms with Crippen molar-refractivity contribution in [3.05, 3.63) is 77.9 Å². The Bertz CT molecular complexity index is 1120. The number of carbonyl (C=O) groups is 2. The molecular formula is C27H30N2O4S. The van der Waals surface area contributed by atoms with Gasteiger partial charge in [-0.2, -0.15) is 0 Å². The fourth-order valence-electron chi connectivity index (χ4n) is 3.37. The number of benzene rings is 3. The number of hydrogen-bond donors (Lipinski definition) is 2. The summed E-state index contributed by atoms with van der Waals surface area (Å²) in [5.74, 6) is 0.863. The molecule has 0 heterocycles. The molecule has 0 fully saturated rings. The molecule has 0 spiro atoms. The number of hydrogen-bond acceptors (Lipinski definition) is 5. The van der Waals surface area contributed by atoms with Gasteiger partial charge in [-0.25, -0.2) is 0 Å². The summed E-state index contributed by atoms with van der Waals surface area (Å²) in [4.78, 5) is 26.5. The molecule has 3 rings (SSSR count). The molecule has 0 saturated heterocycles. The Kier molecular flexibility index (Phi) is 8.60. The number of thioether (sulfide) groups is 1. The number of rotatable bonds is 9. The highest BCUT2D eigenvalue weighted by Crippen LogP contribution is 2.31. The third kappa shape index (κ3) is 6.32. The van der Waals surface area contributed by atoms with Crippen LogP contribution in [0.1, 0.15) is 42.6 Å². The van der Waals surface area contributed by atoms with E-state index >= 15 is 0 Å². The predicted molar refractivity (Wildman–Crippen MR) is 138 cm³/mol. The van der Waals surface area contributed by atoms with Crippen molar-refractivity contribution in [2.45, 2.75) is 36.8 Å². The van der Waals surface area contributed by atoms with Gasteiger partial charge in [0.2, 0.25) is 5.91 Å². The SMILES string of the molecule is COc1cccc(OC)c1C(=O)Nc1cccc(SC(C)C(=O)Nc2ccc(C(C)C)cc2)c1. The van der Waals surface area contributed by atoms with Crippen molar-refractivity contribution in [1.29, 1.82) is 0 Å². The highest BCUT2D eigenvalue weighted by atomic mass is 32.2. The smallest absolute Gasteiger partial charge is 0.263 e. The monoisotopic (exact) mass is 478 g/mol. The zero-order valence-electron chi connectivity index (χ0n) is 20.0. The van der Waals surface area contributed by atoms with Crippen LogP contribution in [-0.2, 0) is 4.79 Å². The zero-order valence-corrected chi connectivity index (χ0v) is 20.9. The van der Waals surface area contributed by atoms with Crippen molar-refractivity contribution in [1.82, 2.24) is 0 Å². The molecule has 3 aromatic rings. The van der Waals surface area contributed by atoms with E-state index in [1.165, 1.54) is 31.5 Å². The molecule has 0 saturated carbocycles. The first kappa shape index (κ1) is 25.2. The lowest BCUT2D eigenvalue weighted by molar-refractivity contribution is -0.115. The van der Waals surface area contributed by atoms with E-state index in [1.807, 2.05) is 49.4 Å². The molecule has 1 unspecified atom stereocenters. The fraction of sp³-hybridized carbons (Fsp3) is 0.259. The van der Waals surface area contributed by atoms with E-state index in [9.17, 15) is 9.59 Å². The first-order valence-electron chi connectivity index (χ1n) is 11.0. The molecule has 2 amide bonds. The van der Waals surface area contributed by atoms with E-state index in [0.29, 0.717) is 28.7 Å². The van der Waals surface area contributed by atoms with Crippen LogP contribution in [0.15, 0.2) is 71.6 Å². The molecule has 34 heavy (non-hydrogen) atoms. The Morgan fingerprint density at radius 2 is 1.41 bits per heavy atom. The van der Waals surface area contributed by atoms with Crippen LogP contribution in [0.25, 0.3) is 0 Å². The van der Waals surface area contributed by atoms with Crippen LogP contribution in [0.5, 0.6) is 11.5 Å². The molecule has 0 bridgehead atoms. The first-order chi connectivity index (χ1) is 16.3. The summed E-state index contributed by atoms with van der Waals surface area (Å²) in [6.45, 7) is 6.12. The minimum atomic E-state index is -0.341. The fourth-order valence-corrected chi connectivity index (χ4v) is 4.29. The third-order valence-electron chi connectivity index (χ3n) is 5.27. The number of ether oxygens (including phenoxy) is 2. The van der Waals surface area contributed by atoms with Gasteiger partial charge < -0.3 is 20.1 Å². The molecule has 0 aromatic heterocycles. The Balaban J connectivity index is 1.66. The van der Waals surface area contributed by atoms with Crippen LogP contribution in [0.3, 0.4) is 0 Å². The lowest BCUT2D eigenvalue weighted by Gasteiger charge is -2.15. The predicted octanol–water partition coefficient (Wildman–Crippen LogP) is 6.20. The molecule has 0 radical (unpaired) electrons. The summed E-state index contributed by atoms with van der Waals surface area (Å²) in [5, 5.41) is 5.53. The van der Waals surface area contributed by atoms with Crippen molar-refractivity contribution in [3.8, 4) is 11.5 Å². The minimum Gasteiger partial charge on any atom is -0.496 e. The molecule has 3 aromatic carbocycles. The molecule has 7 heteroatoms. The van der Waals surface area contributed by atoms with Gasteiger partial charge in [0.1, 0.15) is 17.1 Å². The van der Waals surface area contributed by atoms with Crippen LogP contribution in [0, 0.1) is 0 Å². The lowest BCUT2D eigenvalue weighted by atomic mass is 10.0. The molecule has 178 valence electrons. The quantitative estimate of drug-likeness (QED) is 0.358. The van der Waals surface area contributed by atoms with E-state index in [0.717, 1.165) is 10.6 Å². The molecule has 6 nitrogen and oxygen atoms in total. The van der Waals surface area contributed by atoms with Gasteiger partial charge in [0, 0.05) is 16.3 Å². The number of anilines is 2. The summed E-state index contributed by atoms with van der Waals surface area (Å²) in [5.41, 5.74) is 2.93. The van der Waals surface area contributed by atoms with E-state index in [-0.39, 0.29) is 17.1 Å². The van der Waals surface area contributed by atoms with E-state index < -0.39 is 0 Å². The number of nitrogens with one attached hydrogen (secondary N) is 2. The Labute approximate surface area is 205 Å². The molecule has 2 N–H and O–H groups in total. The first-order valence-corrected chi connectivity index (χ1v) is 11.9. The van der Waals surface area contributed by atoms with Crippen molar-refractivity contribution in [2.75, 3.05) is 24.9 Å². The van der Waals surface area contributed by atoms with Gasteiger partial charge in [-0.1, -0.05) is 38.1 Å². The Hall–Kier alpha value is -3.45. The Morgan fingerprint density at radius 3 is 2.00 bits per heavy atom. The number of amides is 2. The van der Waals surface area contributed by atoms with Crippen LogP contribution in [0.2, 0.25) is 0 Å². The second-order valence-electron chi connectivity index (χ2n) is 8.05. The average molecular weight is 479 g/mol. The molecule has 0 aliphatic heterocycles. The zero-order chi connectivity index (χ0) is 24.7. The number of carbonyl (C=O) groups excluding carboxylic acids is 2. The number of methoxy groups -OCH3 is 2. The maximum Gasteiger partial charge on any atom is 0.263 e. The highest BCUT2D eigenvalue weighted by Gasteiger charge is 2.19. The summed E-state index contributed by atoms with van der Waals surface area (Å²) in [6, 6.07) is 20.5. The molecule has 1 atom stereocenters. The van der Waals surface area contributed by atoms with Gasteiger partial charge in [-0.3, -0.25) is 9.59 Å². The summed E-state index contributed by atoms with van der Waals surface area (Å²) >= 11 is 1.42. The summed E-state index contributed by atoms with van der Waals surface area (Å²) in [6.07, 6.45) is 0. The van der Waals surface area contributed by atoms with Crippen LogP contribution in [0.4, 0.5) is 11.4 Å². The molecule has 0 aliphatic rings. The topological polar surface area (TPSA) is 76.7 Å². The second kappa shape index (κ2) is 11.6. The van der Waals surface area contributed by atoms with Crippen LogP contribution in [-0.4, -0.2) is 31.3 Å². The van der Waals surface area contributed by atoms with Crippen molar-refractivity contribution in [3.63, 3.8) is 0 Å². The summed E-state index contributed by atoms with van der Waals surface area (Å²) in [7, 11) is 3.02. The van der Waals surface area contributed by atoms with E-state index in [1.54, 1.807) is 24.3 Å². The normalized spacial score (nSPS) is 11.6. The van der Waals surface area contributed by atoms with Gasteiger partial charge in [-0.15, -0.1) is 11.8 Å². The van der Waals surface area contributed by atoms with Gasteiger partial charge in [-0.05, 0) is 60.9 Å². The summed E-state index contributed by atoms with van der Waals surface area (Å²) < 4.78 is 10.7. The Morgan fingerprint density at radius 1 is 0.794 bits per heavy atom.